The Morgan fingerprint density at radius 2 is 1.34 bits per heavy atom. The van der Waals surface area contributed by atoms with Crippen LogP contribution >= 0.6 is 0 Å². The summed E-state index contributed by atoms with van der Waals surface area (Å²) in [5.74, 6) is -0.260. The minimum absolute atomic E-state index is 0.260. The first kappa shape index (κ1) is 17.1. The fourth-order valence-corrected chi connectivity index (χ4v) is 3.29. The predicted octanol–water partition coefficient (Wildman–Crippen LogP) is 5.53. The van der Waals surface area contributed by atoms with E-state index < -0.39 is 0 Å². The van der Waals surface area contributed by atoms with Gasteiger partial charge in [-0.15, -0.1) is 0 Å². The Bertz CT molecular complexity index is 1240. The molecule has 0 radical (unpaired) electrons. The third-order valence-electron chi connectivity index (χ3n) is 4.75. The van der Waals surface area contributed by atoms with Crippen LogP contribution in [0.5, 0.6) is 0 Å². The average Bonchev–Trinajstić information content (AvgIpc) is 3.43. The molecule has 0 amide bonds. The molecule has 2 heterocycles. The molecule has 0 N–H and O–H groups in total. The van der Waals surface area contributed by atoms with Gasteiger partial charge in [-0.05, 0) is 54.6 Å². The molecule has 0 bridgehead atoms. The molecule has 5 heteroatoms. The Labute approximate surface area is 167 Å². The van der Waals surface area contributed by atoms with E-state index in [1.54, 1.807) is 18.3 Å². The van der Waals surface area contributed by atoms with Crippen molar-refractivity contribution >= 4 is 0 Å². The largest absolute Gasteiger partial charge is 0.240 e. The van der Waals surface area contributed by atoms with Crippen molar-refractivity contribution in [2.24, 2.45) is 0 Å². The van der Waals surface area contributed by atoms with Gasteiger partial charge in [0.15, 0.2) is 0 Å². The summed E-state index contributed by atoms with van der Waals surface area (Å²) in [5, 5.41) is 9.30. The quantitative estimate of drug-likeness (QED) is 0.411. The van der Waals surface area contributed by atoms with Crippen LogP contribution in [-0.4, -0.2) is 19.6 Å². The maximum absolute atomic E-state index is 13.4. The molecule has 0 saturated carbocycles. The van der Waals surface area contributed by atoms with E-state index in [4.69, 9.17) is 5.10 Å². The second-order valence-electron chi connectivity index (χ2n) is 6.68. The molecule has 4 nitrogen and oxygen atoms in total. The zero-order chi connectivity index (χ0) is 19.6. The summed E-state index contributed by atoms with van der Waals surface area (Å²) in [4.78, 5) is 0. The van der Waals surface area contributed by atoms with Gasteiger partial charge in [-0.1, -0.05) is 36.4 Å². The fraction of sp³-hybridized carbons (Fsp3) is 0. The van der Waals surface area contributed by atoms with Crippen LogP contribution in [0.3, 0.4) is 0 Å². The van der Waals surface area contributed by atoms with E-state index in [2.05, 4.69) is 5.10 Å². The lowest BCUT2D eigenvalue weighted by Crippen LogP contribution is -1.98. The van der Waals surface area contributed by atoms with Crippen molar-refractivity contribution in [3.05, 3.63) is 109 Å². The van der Waals surface area contributed by atoms with E-state index in [-0.39, 0.29) is 5.82 Å². The van der Waals surface area contributed by atoms with Crippen molar-refractivity contribution in [3.8, 4) is 33.9 Å². The number of aromatic nitrogens is 4. The molecule has 0 aliphatic carbocycles. The number of hydrogen-bond donors (Lipinski definition) is 0. The first-order valence-corrected chi connectivity index (χ1v) is 9.30. The fourth-order valence-electron chi connectivity index (χ4n) is 3.29. The van der Waals surface area contributed by atoms with Gasteiger partial charge in [-0.25, -0.2) is 13.8 Å². The molecule has 0 atom stereocenters. The molecule has 0 aliphatic heterocycles. The van der Waals surface area contributed by atoms with Crippen LogP contribution in [0, 0.1) is 5.82 Å². The SMILES string of the molecule is Fc1ccc(-c2cc(-c3cnn(-c4ccccc4)c3)nn2-c2ccccc2)cc1. The van der Waals surface area contributed by atoms with Crippen LogP contribution in [0.25, 0.3) is 33.9 Å². The lowest BCUT2D eigenvalue weighted by atomic mass is 10.1. The second kappa shape index (κ2) is 7.20. The van der Waals surface area contributed by atoms with Gasteiger partial charge in [0.1, 0.15) is 5.82 Å². The number of rotatable bonds is 4. The van der Waals surface area contributed by atoms with Gasteiger partial charge in [-0.2, -0.15) is 10.2 Å². The van der Waals surface area contributed by atoms with Crippen LogP contribution in [0.4, 0.5) is 4.39 Å². The molecule has 140 valence electrons. The van der Waals surface area contributed by atoms with E-state index >= 15 is 0 Å². The summed E-state index contributed by atoms with van der Waals surface area (Å²) in [5.41, 5.74) is 5.42. The van der Waals surface area contributed by atoms with Gasteiger partial charge in [-0.3, -0.25) is 0 Å². The minimum atomic E-state index is -0.260. The number of halogens is 1. The van der Waals surface area contributed by atoms with Crippen LogP contribution in [-0.2, 0) is 0 Å². The number of nitrogens with zero attached hydrogens (tertiary/aromatic N) is 4. The Kier molecular flexibility index (Phi) is 4.26. The van der Waals surface area contributed by atoms with Crippen LogP contribution in [0.15, 0.2) is 103 Å². The van der Waals surface area contributed by atoms with Gasteiger partial charge in [0.25, 0.3) is 0 Å². The molecule has 0 aliphatic rings. The molecule has 0 fully saturated rings. The molecule has 2 aromatic heterocycles. The first-order valence-electron chi connectivity index (χ1n) is 9.30. The first-order chi connectivity index (χ1) is 14.3. The van der Waals surface area contributed by atoms with Gasteiger partial charge in [0, 0.05) is 17.3 Å². The molecule has 5 rings (SSSR count). The summed E-state index contributed by atoms with van der Waals surface area (Å²) in [6, 6.07) is 28.3. The van der Waals surface area contributed by atoms with Crippen molar-refractivity contribution in [2.75, 3.05) is 0 Å². The topological polar surface area (TPSA) is 35.6 Å². The van der Waals surface area contributed by atoms with Crippen LogP contribution in [0.2, 0.25) is 0 Å². The smallest absolute Gasteiger partial charge is 0.123 e. The van der Waals surface area contributed by atoms with E-state index in [9.17, 15) is 4.39 Å². The van der Waals surface area contributed by atoms with Gasteiger partial charge < -0.3 is 0 Å². The monoisotopic (exact) mass is 380 g/mol. The Morgan fingerprint density at radius 3 is 2.03 bits per heavy atom. The Balaban J connectivity index is 1.62. The Hall–Kier alpha value is -3.99. The van der Waals surface area contributed by atoms with Gasteiger partial charge in [0.05, 0.1) is 29.0 Å². The van der Waals surface area contributed by atoms with E-state index in [0.717, 1.165) is 33.9 Å². The van der Waals surface area contributed by atoms with E-state index in [0.29, 0.717) is 0 Å². The molecular weight excluding hydrogens is 363 g/mol. The molecule has 0 spiro atoms. The zero-order valence-electron chi connectivity index (χ0n) is 15.5. The Morgan fingerprint density at radius 1 is 0.690 bits per heavy atom. The van der Waals surface area contributed by atoms with Gasteiger partial charge in [0.2, 0.25) is 0 Å². The molecule has 0 unspecified atom stereocenters. The van der Waals surface area contributed by atoms with Crippen molar-refractivity contribution in [3.63, 3.8) is 0 Å². The third kappa shape index (κ3) is 3.34. The lowest BCUT2D eigenvalue weighted by molar-refractivity contribution is 0.628. The molecule has 5 aromatic rings. The summed E-state index contributed by atoms with van der Waals surface area (Å²) in [6.07, 6.45) is 3.76. The summed E-state index contributed by atoms with van der Waals surface area (Å²) in [6.45, 7) is 0. The van der Waals surface area contributed by atoms with Crippen LogP contribution in [0.1, 0.15) is 0 Å². The molecule has 29 heavy (non-hydrogen) atoms. The standard InChI is InChI=1S/C24H17FN4/c25-20-13-11-18(12-14-20)24-15-23(27-29(24)22-9-5-2-6-10-22)19-16-26-28(17-19)21-7-3-1-4-8-21/h1-17H. The average molecular weight is 380 g/mol. The van der Waals surface area contributed by atoms with Crippen molar-refractivity contribution in [1.29, 1.82) is 0 Å². The summed E-state index contributed by atoms with van der Waals surface area (Å²) < 4.78 is 17.1. The van der Waals surface area contributed by atoms with Gasteiger partial charge >= 0.3 is 0 Å². The van der Waals surface area contributed by atoms with Crippen molar-refractivity contribution in [1.82, 2.24) is 19.6 Å². The normalized spacial score (nSPS) is 10.9. The molecule has 0 saturated heterocycles. The van der Waals surface area contributed by atoms with Crippen molar-refractivity contribution in [2.45, 2.75) is 0 Å². The predicted molar refractivity (Wildman–Crippen MR) is 112 cm³/mol. The number of hydrogen-bond acceptors (Lipinski definition) is 2. The molecular formula is C24H17FN4. The number of para-hydroxylation sites is 2. The second-order valence-corrected chi connectivity index (χ2v) is 6.68. The summed E-state index contributed by atoms with van der Waals surface area (Å²) >= 11 is 0. The van der Waals surface area contributed by atoms with Crippen LogP contribution < -0.4 is 0 Å². The highest BCUT2D eigenvalue weighted by Crippen LogP contribution is 2.29. The zero-order valence-corrected chi connectivity index (χ0v) is 15.5. The summed E-state index contributed by atoms with van der Waals surface area (Å²) in [7, 11) is 0. The highest BCUT2D eigenvalue weighted by atomic mass is 19.1. The highest BCUT2D eigenvalue weighted by Gasteiger charge is 2.14. The highest BCUT2D eigenvalue weighted by molar-refractivity contribution is 5.70. The maximum atomic E-state index is 13.4. The van der Waals surface area contributed by atoms with Crippen molar-refractivity contribution < 1.29 is 4.39 Å². The van der Waals surface area contributed by atoms with E-state index in [1.165, 1.54) is 12.1 Å². The van der Waals surface area contributed by atoms with E-state index in [1.807, 2.05) is 82.3 Å². The third-order valence-corrected chi connectivity index (χ3v) is 4.75. The lowest BCUT2D eigenvalue weighted by Gasteiger charge is -2.07. The molecule has 3 aromatic carbocycles. The number of benzene rings is 3. The maximum Gasteiger partial charge on any atom is 0.123 e. The minimum Gasteiger partial charge on any atom is -0.240 e.